The van der Waals surface area contributed by atoms with Crippen LogP contribution in [-0.2, 0) is 14.6 Å². The molecule has 0 spiro atoms. The van der Waals surface area contributed by atoms with E-state index in [0.29, 0.717) is 24.2 Å². The molecule has 0 atom stereocenters. The van der Waals surface area contributed by atoms with E-state index in [-0.39, 0.29) is 17.5 Å². The minimum atomic E-state index is -2.87. The summed E-state index contributed by atoms with van der Waals surface area (Å²) in [6.45, 7) is 0. The third-order valence-corrected chi connectivity index (χ3v) is 4.80. The molecule has 0 amide bonds. The molecule has 0 bridgehead atoms. The molecule has 1 N–H and O–H groups in total. The largest absolute Gasteiger partial charge is 0.465 e. The molecule has 0 radical (unpaired) electrons. The summed E-state index contributed by atoms with van der Waals surface area (Å²) in [6.07, 6.45) is 2.65. The fraction of sp³-hybridized carbons (Fsp3) is 0.500. The van der Waals surface area contributed by atoms with Gasteiger partial charge < -0.3 is 10.1 Å². The van der Waals surface area contributed by atoms with Crippen molar-refractivity contribution in [2.24, 2.45) is 0 Å². The molecule has 1 fully saturated rings. The predicted octanol–water partition coefficient (Wildman–Crippen LogP) is 0.857. The van der Waals surface area contributed by atoms with Gasteiger partial charge in [0, 0.05) is 12.2 Å². The molecule has 1 aromatic rings. The molecule has 0 aliphatic carbocycles. The van der Waals surface area contributed by atoms with Crippen LogP contribution in [-0.4, -0.2) is 44.0 Å². The van der Waals surface area contributed by atoms with Crippen LogP contribution < -0.4 is 5.32 Å². The Hall–Kier alpha value is -1.63. The van der Waals surface area contributed by atoms with E-state index in [2.05, 4.69) is 15.0 Å². The molecular formula is C12H16N2O4S. The number of hydrogen-bond donors (Lipinski definition) is 1. The van der Waals surface area contributed by atoms with Gasteiger partial charge in [0.15, 0.2) is 0 Å². The highest BCUT2D eigenvalue weighted by molar-refractivity contribution is 7.91. The number of hydrogen-bond acceptors (Lipinski definition) is 6. The van der Waals surface area contributed by atoms with Gasteiger partial charge in [0.05, 0.1) is 24.2 Å². The molecule has 1 saturated heterocycles. The van der Waals surface area contributed by atoms with E-state index in [4.69, 9.17) is 0 Å². The molecule has 19 heavy (non-hydrogen) atoms. The van der Waals surface area contributed by atoms with Gasteiger partial charge in [-0.25, -0.2) is 18.2 Å². The average Bonchev–Trinajstić information content (AvgIpc) is 2.41. The number of ether oxygens (including phenoxy) is 1. The predicted molar refractivity (Wildman–Crippen MR) is 70.9 cm³/mol. The molecule has 6 nitrogen and oxygen atoms in total. The fourth-order valence-electron chi connectivity index (χ4n) is 2.00. The zero-order valence-corrected chi connectivity index (χ0v) is 11.4. The molecule has 0 aromatic carbocycles. The van der Waals surface area contributed by atoms with E-state index >= 15 is 0 Å². The number of sulfone groups is 1. The Balaban J connectivity index is 2.02. The number of pyridine rings is 1. The van der Waals surface area contributed by atoms with Gasteiger partial charge in [-0.3, -0.25) is 0 Å². The molecule has 1 aromatic heterocycles. The van der Waals surface area contributed by atoms with E-state index in [1.165, 1.54) is 13.3 Å². The van der Waals surface area contributed by atoms with Crippen LogP contribution in [0.1, 0.15) is 23.2 Å². The second-order valence-electron chi connectivity index (χ2n) is 4.49. The van der Waals surface area contributed by atoms with Crippen molar-refractivity contribution in [3.05, 3.63) is 23.9 Å². The third-order valence-electron chi connectivity index (χ3n) is 3.09. The quantitative estimate of drug-likeness (QED) is 0.828. The number of carbonyl (C=O) groups excluding carboxylic acids is 1. The van der Waals surface area contributed by atoms with Crippen molar-refractivity contribution in [3.8, 4) is 0 Å². The number of carbonyl (C=O) groups is 1. The Morgan fingerprint density at radius 2 is 2.11 bits per heavy atom. The zero-order valence-electron chi connectivity index (χ0n) is 10.6. The summed E-state index contributed by atoms with van der Waals surface area (Å²) in [4.78, 5) is 15.5. The summed E-state index contributed by atoms with van der Waals surface area (Å²) in [5.74, 6) is 0.534. The van der Waals surface area contributed by atoms with E-state index in [1.807, 2.05) is 0 Å². The molecule has 0 saturated carbocycles. The maximum Gasteiger partial charge on any atom is 0.338 e. The number of methoxy groups -OCH3 is 1. The maximum absolute atomic E-state index is 11.4. The highest BCUT2D eigenvalue weighted by atomic mass is 32.2. The van der Waals surface area contributed by atoms with Gasteiger partial charge in [-0.15, -0.1) is 0 Å². The van der Waals surface area contributed by atoms with Crippen LogP contribution in [0.25, 0.3) is 0 Å². The first-order valence-electron chi connectivity index (χ1n) is 6.01. The summed E-state index contributed by atoms with van der Waals surface area (Å²) in [7, 11) is -1.55. The number of esters is 1. The van der Waals surface area contributed by atoms with Crippen LogP contribution in [0.4, 0.5) is 5.82 Å². The fourth-order valence-corrected chi connectivity index (χ4v) is 3.49. The monoisotopic (exact) mass is 284 g/mol. The van der Waals surface area contributed by atoms with Crippen LogP contribution in [0, 0.1) is 0 Å². The summed E-state index contributed by atoms with van der Waals surface area (Å²) in [6, 6.07) is 3.25. The van der Waals surface area contributed by atoms with Crippen LogP contribution in [0.3, 0.4) is 0 Å². The van der Waals surface area contributed by atoms with Crippen molar-refractivity contribution in [1.29, 1.82) is 0 Å². The zero-order chi connectivity index (χ0) is 13.9. The first kappa shape index (κ1) is 13.8. The van der Waals surface area contributed by atoms with Crippen molar-refractivity contribution >= 4 is 21.6 Å². The molecule has 1 aliphatic rings. The number of aromatic nitrogens is 1. The second-order valence-corrected chi connectivity index (χ2v) is 6.80. The Morgan fingerprint density at radius 3 is 2.74 bits per heavy atom. The van der Waals surface area contributed by atoms with Gasteiger partial charge in [-0.1, -0.05) is 0 Å². The third kappa shape index (κ3) is 3.66. The molecule has 1 aliphatic heterocycles. The van der Waals surface area contributed by atoms with Crippen molar-refractivity contribution in [3.63, 3.8) is 0 Å². The first-order valence-corrected chi connectivity index (χ1v) is 7.83. The van der Waals surface area contributed by atoms with Gasteiger partial charge >= 0.3 is 5.97 Å². The standard InChI is InChI=1S/C12H16N2O4S/c1-18-12(15)9-2-5-13-11(8-9)14-10-3-6-19(16,17)7-4-10/h2,5,8,10H,3-4,6-7H2,1H3,(H,13,14). The number of nitrogens with one attached hydrogen (secondary N) is 1. The van der Waals surface area contributed by atoms with E-state index in [9.17, 15) is 13.2 Å². The second kappa shape index (κ2) is 5.56. The summed E-state index contributed by atoms with van der Waals surface area (Å²) < 4.78 is 27.3. The Kier molecular flexibility index (Phi) is 4.04. The van der Waals surface area contributed by atoms with Crippen molar-refractivity contribution in [2.75, 3.05) is 23.9 Å². The highest BCUT2D eigenvalue weighted by Crippen LogP contribution is 2.17. The van der Waals surface area contributed by atoms with E-state index < -0.39 is 15.8 Å². The van der Waals surface area contributed by atoms with Gasteiger partial charge in [-0.2, -0.15) is 0 Å². The minimum absolute atomic E-state index is 0.0731. The summed E-state index contributed by atoms with van der Waals surface area (Å²) in [5, 5.41) is 3.15. The lowest BCUT2D eigenvalue weighted by Gasteiger charge is -2.23. The van der Waals surface area contributed by atoms with Crippen LogP contribution in [0.2, 0.25) is 0 Å². The Bertz CT molecular complexity index is 557. The molecule has 104 valence electrons. The lowest BCUT2D eigenvalue weighted by molar-refractivity contribution is 0.0600. The topological polar surface area (TPSA) is 85.4 Å². The molecule has 2 rings (SSSR count). The van der Waals surface area contributed by atoms with Crippen molar-refractivity contribution in [1.82, 2.24) is 4.98 Å². The van der Waals surface area contributed by atoms with Crippen molar-refractivity contribution < 1.29 is 17.9 Å². The first-order chi connectivity index (χ1) is 9.00. The lowest BCUT2D eigenvalue weighted by atomic mass is 10.1. The summed E-state index contributed by atoms with van der Waals surface area (Å²) >= 11 is 0. The van der Waals surface area contributed by atoms with Gasteiger partial charge in [0.2, 0.25) is 0 Å². The molecule has 7 heteroatoms. The normalized spacial score (nSPS) is 18.8. The maximum atomic E-state index is 11.4. The van der Waals surface area contributed by atoms with Crippen LogP contribution in [0.5, 0.6) is 0 Å². The Labute approximate surface area is 112 Å². The van der Waals surface area contributed by atoms with Crippen LogP contribution in [0.15, 0.2) is 18.3 Å². The minimum Gasteiger partial charge on any atom is -0.465 e. The molecule has 2 heterocycles. The number of nitrogens with zero attached hydrogens (tertiary/aromatic N) is 1. The number of anilines is 1. The van der Waals surface area contributed by atoms with Gasteiger partial charge in [0.25, 0.3) is 0 Å². The Morgan fingerprint density at radius 1 is 1.42 bits per heavy atom. The highest BCUT2D eigenvalue weighted by Gasteiger charge is 2.23. The van der Waals surface area contributed by atoms with Crippen LogP contribution >= 0.6 is 0 Å². The average molecular weight is 284 g/mol. The van der Waals surface area contributed by atoms with Gasteiger partial charge in [0.1, 0.15) is 15.7 Å². The smallest absolute Gasteiger partial charge is 0.338 e. The van der Waals surface area contributed by atoms with Gasteiger partial charge in [-0.05, 0) is 25.0 Å². The van der Waals surface area contributed by atoms with E-state index in [1.54, 1.807) is 12.1 Å². The molecule has 0 unspecified atom stereocenters. The van der Waals surface area contributed by atoms with E-state index in [0.717, 1.165) is 0 Å². The number of rotatable bonds is 3. The lowest BCUT2D eigenvalue weighted by Crippen LogP contribution is -2.32. The molecular weight excluding hydrogens is 268 g/mol. The van der Waals surface area contributed by atoms with Crippen molar-refractivity contribution in [2.45, 2.75) is 18.9 Å². The SMILES string of the molecule is COC(=O)c1ccnc(NC2CCS(=O)(=O)CC2)c1. The summed E-state index contributed by atoms with van der Waals surface area (Å²) in [5.41, 5.74) is 0.420.